The first kappa shape index (κ1) is 12.2. The van der Waals surface area contributed by atoms with E-state index in [1.165, 1.54) is 12.1 Å². The summed E-state index contributed by atoms with van der Waals surface area (Å²) in [5.41, 5.74) is 0.270. The Morgan fingerprint density at radius 2 is 2.35 bits per heavy atom. The predicted octanol–water partition coefficient (Wildman–Crippen LogP) is 1.48. The Kier molecular flexibility index (Phi) is 3.54. The first-order valence-electron chi connectivity index (χ1n) is 5.59. The molecule has 1 atom stereocenters. The van der Waals surface area contributed by atoms with E-state index in [1.54, 1.807) is 11.0 Å². The Bertz CT molecular complexity index is 437. The van der Waals surface area contributed by atoms with Crippen LogP contribution in [-0.4, -0.2) is 41.6 Å². The largest absolute Gasteiger partial charge is 0.507 e. The maximum Gasteiger partial charge on any atom is 0.257 e. The summed E-state index contributed by atoms with van der Waals surface area (Å²) in [6.07, 6.45) is 0. The van der Waals surface area contributed by atoms with Gasteiger partial charge in [-0.2, -0.15) is 0 Å². The minimum Gasteiger partial charge on any atom is -0.507 e. The Morgan fingerprint density at radius 1 is 1.59 bits per heavy atom. The molecule has 1 aliphatic heterocycles. The quantitative estimate of drug-likeness (QED) is 0.798. The number of nitrogens with zero attached hydrogens (tertiary/aromatic N) is 1. The maximum atomic E-state index is 12.2. The predicted molar refractivity (Wildman–Crippen MR) is 66.5 cm³/mol. The highest BCUT2D eigenvalue weighted by Gasteiger charge is 2.23. The first-order valence-corrected chi connectivity index (χ1v) is 5.97. The molecule has 5 heteroatoms. The van der Waals surface area contributed by atoms with E-state index >= 15 is 0 Å². The van der Waals surface area contributed by atoms with E-state index in [1.807, 2.05) is 6.92 Å². The second-order valence-electron chi connectivity index (χ2n) is 4.27. The number of piperazine rings is 1. The molecule has 1 heterocycles. The van der Waals surface area contributed by atoms with Crippen LogP contribution in [0, 0.1) is 0 Å². The van der Waals surface area contributed by atoms with Crippen LogP contribution in [-0.2, 0) is 0 Å². The highest BCUT2D eigenvalue weighted by atomic mass is 35.5. The minimum absolute atomic E-state index is 0.0226. The fraction of sp³-hybridized carbons (Fsp3) is 0.417. The molecule has 0 saturated carbocycles. The van der Waals surface area contributed by atoms with E-state index in [2.05, 4.69) is 5.32 Å². The summed E-state index contributed by atoms with van der Waals surface area (Å²) in [4.78, 5) is 13.9. The third-order valence-electron chi connectivity index (χ3n) is 2.84. The average molecular weight is 255 g/mol. The highest BCUT2D eigenvalue weighted by molar-refractivity contribution is 6.31. The van der Waals surface area contributed by atoms with Crippen LogP contribution in [0.25, 0.3) is 0 Å². The molecule has 2 rings (SSSR count). The molecule has 0 aromatic heterocycles. The fourth-order valence-corrected chi connectivity index (χ4v) is 2.14. The van der Waals surface area contributed by atoms with Crippen molar-refractivity contribution in [1.29, 1.82) is 0 Å². The zero-order chi connectivity index (χ0) is 12.4. The number of carbonyl (C=O) groups is 1. The van der Waals surface area contributed by atoms with E-state index < -0.39 is 0 Å². The molecule has 17 heavy (non-hydrogen) atoms. The molecular weight excluding hydrogens is 240 g/mol. The number of halogens is 1. The van der Waals surface area contributed by atoms with Gasteiger partial charge >= 0.3 is 0 Å². The molecule has 1 fully saturated rings. The molecule has 1 aromatic rings. The van der Waals surface area contributed by atoms with Gasteiger partial charge in [-0.1, -0.05) is 11.6 Å². The lowest BCUT2D eigenvalue weighted by molar-refractivity contribution is 0.0706. The summed E-state index contributed by atoms with van der Waals surface area (Å²) in [5, 5.41) is 13.4. The van der Waals surface area contributed by atoms with Gasteiger partial charge in [-0.3, -0.25) is 4.79 Å². The summed E-state index contributed by atoms with van der Waals surface area (Å²) < 4.78 is 0. The van der Waals surface area contributed by atoms with Gasteiger partial charge in [0.25, 0.3) is 5.91 Å². The van der Waals surface area contributed by atoms with Crippen LogP contribution in [0.5, 0.6) is 5.75 Å². The monoisotopic (exact) mass is 254 g/mol. The Morgan fingerprint density at radius 3 is 3.06 bits per heavy atom. The fourth-order valence-electron chi connectivity index (χ4n) is 1.97. The second-order valence-corrected chi connectivity index (χ2v) is 4.70. The molecule has 0 aliphatic carbocycles. The average Bonchev–Trinajstić information content (AvgIpc) is 2.31. The molecule has 1 aliphatic rings. The number of hydrogen-bond donors (Lipinski definition) is 2. The lowest BCUT2D eigenvalue weighted by Crippen LogP contribution is -2.51. The SMILES string of the molecule is C[C@@H]1CN(C(=O)c2cc(Cl)ccc2O)CCN1. The van der Waals surface area contributed by atoms with Crippen molar-refractivity contribution >= 4 is 17.5 Å². The molecule has 0 bridgehead atoms. The first-order chi connectivity index (χ1) is 8.08. The van der Waals surface area contributed by atoms with Crippen LogP contribution < -0.4 is 5.32 Å². The van der Waals surface area contributed by atoms with Gasteiger partial charge < -0.3 is 15.3 Å². The Hall–Kier alpha value is -1.26. The smallest absolute Gasteiger partial charge is 0.257 e. The molecule has 2 N–H and O–H groups in total. The van der Waals surface area contributed by atoms with Crippen molar-refractivity contribution in [3.05, 3.63) is 28.8 Å². The van der Waals surface area contributed by atoms with Crippen molar-refractivity contribution in [3.8, 4) is 5.75 Å². The Labute approximate surface area is 105 Å². The lowest BCUT2D eigenvalue weighted by Gasteiger charge is -2.32. The topological polar surface area (TPSA) is 52.6 Å². The van der Waals surface area contributed by atoms with E-state index in [-0.39, 0.29) is 23.3 Å². The number of carbonyl (C=O) groups excluding carboxylic acids is 1. The van der Waals surface area contributed by atoms with Gasteiger partial charge in [-0.15, -0.1) is 0 Å². The van der Waals surface area contributed by atoms with Crippen molar-refractivity contribution in [2.75, 3.05) is 19.6 Å². The summed E-state index contributed by atoms with van der Waals surface area (Å²) in [5.74, 6) is -0.191. The van der Waals surface area contributed by atoms with Gasteiger partial charge in [0.2, 0.25) is 0 Å². The third-order valence-corrected chi connectivity index (χ3v) is 3.08. The van der Waals surface area contributed by atoms with Gasteiger partial charge in [0.1, 0.15) is 5.75 Å². The summed E-state index contributed by atoms with van der Waals surface area (Å²) in [6, 6.07) is 4.79. The standard InChI is InChI=1S/C12H15ClN2O2/c1-8-7-15(5-4-14-8)12(17)10-6-9(13)2-3-11(10)16/h2-3,6,8,14,16H,4-5,7H2,1H3/t8-/m1/s1. The van der Waals surface area contributed by atoms with Crippen LogP contribution >= 0.6 is 11.6 Å². The number of nitrogens with one attached hydrogen (secondary N) is 1. The van der Waals surface area contributed by atoms with Crippen LogP contribution in [0.1, 0.15) is 17.3 Å². The van der Waals surface area contributed by atoms with Gasteiger partial charge in [0.15, 0.2) is 0 Å². The number of hydrogen-bond acceptors (Lipinski definition) is 3. The molecule has 1 saturated heterocycles. The molecule has 1 aromatic carbocycles. The van der Waals surface area contributed by atoms with E-state index in [4.69, 9.17) is 11.6 Å². The van der Waals surface area contributed by atoms with Gasteiger partial charge in [-0.05, 0) is 25.1 Å². The number of phenols is 1. The summed E-state index contributed by atoms with van der Waals surface area (Å²) in [6.45, 7) is 4.09. The number of rotatable bonds is 1. The van der Waals surface area contributed by atoms with E-state index in [0.717, 1.165) is 6.54 Å². The summed E-state index contributed by atoms with van der Waals surface area (Å²) >= 11 is 5.83. The molecule has 0 spiro atoms. The van der Waals surface area contributed by atoms with Crippen LogP contribution in [0.3, 0.4) is 0 Å². The molecule has 4 nitrogen and oxygen atoms in total. The maximum absolute atomic E-state index is 12.2. The normalized spacial score (nSPS) is 20.4. The lowest BCUT2D eigenvalue weighted by atomic mass is 10.1. The molecule has 92 valence electrons. The molecule has 1 amide bonds. The van der Waals surface area contributed by atoms with Crippen molar-refractivity contribution in [2.24, 2.45) is 0 Å². The third kappa shape index (κ3) is 2.70. The van der Waals surface area contributed by atoms with Gasteiger partial charge in [0, 0.05) is 30.7 Å². The zero-order valence-corrected chi connectivity index (χ0v) is 10.4. The van der Waals surface area contributed by atoms with Crippen molar-refractivity contribution in [3.63, 3.8) is 0 Å². The zero-order valence-electron chi connectivity index (χ0n) is 9.61. The Balaban J connectivity index is 2.21. The van der Waals surface area contributed by atoms with Crippen molar-refractivity contribution < 1.29 is 9.90 Å². The molecule has 0 unspecified atom stereocenters. The molecular formula is C12H15ClN2O2. The van der Waals surface area contributed by atoms with E-state index in [0.29, 0.717) is 18.1 Å². The second kappa shape index (κ2) is 4.94. The van der Waals surface area contributed by atoms with Crippen LogP contribution in [0.15, 0.2) is 18.2 Å². The van der Waals surface area contributed by atoms with Gasteiger partial charge in [-0.25, -0.2) is 0 Å². The number of aromatic hydroxyl groups is 1. The van der Waals surface area contributed by atoms with Crippen molar-refractivity contribution in [1.82, 2.24) is 10.2 Å². The molecule has 0 radical (unpaired) electrons. The van der Waals surface area contributed by atoms with E-state index in [9.17, 15) is 9.90 Å². The van der Waals surface area contributed by atoms with Crippen LogP contribution in [0.2, 0.25) is 5.02 Å². The minimum atomic E-state index is -0.168. The number of benzene rings is 1. The summed E-state index contributed by atoms with van der Waals surface area (Å²) in [7, 11) is 0. The highest BCUT2D eigenvalue weighted by Crippen LogP contribution is 2.23. The van der Waals surface area contributed by atoms with Crippen molar-refractivity contribution in [2.45, 2.75) is 13.0 Å². The number of phenolic OH excluding ortho intramolecular Hbond substituents is 1. The van der Waals surface area contributed by atoms with Crippen LogP contribution in [0.4, 0.5) is 0 Å². The van der Waals surface area contributed by atoms with Gasteiger partial charge in [0.05, 0.1) is 5.56 Å². The number of amides is 1.